The first kappa shape index (κ1) is 9.95. The minimum absolute atomic E-state index is 0.229. The molecule has 1 aromatic rings. The molecule has 0 saturated heterocycles. The Labute approximate surface area is 76.5 Å². The third-order valence-electron chi connectivity index (χ3n) is 1.64. The fraction of sp³-hybridized carbons (Fsp3) is 0.333. The molecule has 13 heavy (non-hydrogen) atoms. The van der Waals surface area contributed by atoms with Crippen LogP contribution in [0.2, 0.25) is 0 Å². The van der Waals surface area contributed by atoms with E-state index < -0.39 is 12.0 Å². The molecule has 0 unspecified atom stereocenters. The third kappa shape index (κ3) is 2.40. The maximum absolute atomic E-state index is 13.2. The van der Waals surface area contributed by atoms with Crippen molar-refractivity contribution in [3.05, 3.63) is 29.6 Å². The van der Waals surface area contributed by atoms with Gasteiger partial charge < -0.3 is 16.2 Å². The second-order valence-corrected chi connectivity index (χ2v) is 2.65. The molecule has 72 valence electrons. The molecule has 0 heterocycles. The average Bonchev–Trinajstić information content (AvgIpc) is 2.08. The Balaban J connectivity index is 2.92. The molecule has 0 aromatic heterocycles. The predicted octanol–water partition coefficient (Wildman–Crippen LogP) is 1.14. The van der Waals surface area contributed by atoms with E-state index in [1.54, 1.807) is 13.0 Å². The molecule has 0 bridgehead atoms. The molecular weight excluding hydrogens is 171 g/mol. The van der Waals surface area contributed by atoms with Gasteiger partial charge in [0.1, 0.15) is 0 Å². The van der Waals surface area contributed by atoms with Gasteiger partial charge >= 0.3 is 0 Å². The monoisotopic (exact) mass is 184 g/mol. The SMILES string of the molecule is CCOc1ccc(C(N)N)cc1F. The number of halogens is 1. The highest BCUT2D eigenvalue weighted by Gasteiger charge is 2.06. The Morgan fingerprint density at radius 2 is 2.15 bits per heavy atom. The quantitative estimate of drug-likeness (QED) is 0.692. The molecule has 0 aliphatic carbocycles. The summed E-state index contributed by atoms with van der Waals surface area (Å²) in [7, 11) is 0. The summed E-state index contributed by atoms with van der Waals surface area (Å²) >= 11 is 0. The summed E-state index contributed by atoms with van der Waals surface area (Å²) in [6.07, 6.45) is -0.648. The van der Waals surface area contributed by atoms with Gasteiger partial charge in [0.25, 0.3) is 0 Å². The first-order valence-electron chi connectivity index (χ1n) is 4.08. The van der Waals surface area contributed by atoms with Crippen LogP contribution in [0.5, 0.6) is 5.75 Å². The molecule has 0 amide bonds. The fourth-order valence-corrected chi connectivity index (χ4v) is 0.997. The molecule has 4 heteroatoms. The number of nitrogens with two attached hydrogens (primary N) is 2. The average molecular weight is 184 g/mol. The molecule has 0 spiro atoms. The number of rotatable bonds is 3. The van der Waals surface area contributed by atoms with Crippen LogP contribution in [0.4, 0.5) is 4.39 Å². The maximum Gasteiger partial charge on any atom is 0.165 e. The van der Waals surface area contributed by atoms with Crippen LogP contribution in [0.1, 0.15) is 18.7 Å². The van der Waals surface area contributed by atoms with Crippen LogP contribution in [-0.4, -0.2) is 6.61 Å². The molecule has 3 nitrogen and oxygen atoms in total. The minimum atomic E-state index is -0.648. The van der Waals surface area contributed by atoms with Crippen molar-refractivity contribution in [2.45, 2.75) is 13.1 Å². The number of ether oxygens (including phenoxy) is 1. The Morgan fingerprint density at radius 1 is 1.46 bits per heavy atom. The van der Waals surface area contributed by atoms with E-state index in [0.717, 1.165) is 0 Å². The second-order valence-electron chi connectivity index (χ2n) is 2.65. The zero-order valence-corrected chi connectivity index (χ0v) is 7.46. The van der Waals surface area contributed by atoms with Gasteiger partial charge in [-0.15, -0.1) is 0 Å². The lowest BCUT2D eigenvalue weighted by Crippen LogP contribution is -2.20. The lowest BCUT2D eigenvalue weighted by Gasteiger charge is -2.08. The van der Waals surface area contributed by atoms with E-state index in [0.29, 0.717) is 12.2 Å². The third-order valence-corrected chi connectivity index (χ3v) is 1.64. The first-order chi connectivity index (χ1) is 6.15. The van der Waals surface area contributed by atoms with Crippen molar-refractivity contribution in [2.24, 2.45) is 11.5 Å². The van der Waals surface area contributed by atoms with E-state index in [-0.39, 0.29) is 5.75 Å². The van der Waals surface area contributed by atoms with E-state index >= 15 is 0 Å². The van der Waals surface area contributed by atoms with Gasteiger partial charge in [0.15, 0.2) is 11.6 Å². The van der Waals surface area contributed by atoms with Crippen molar-refractivity contribution in [3.63, 3.8) is 0 Å². The molecule has 4 N–H and O–H groups in total. The Morgan fingerprint density at radius 3 is 2.62 bits per heavy atom. The standard InChI is InChI=1S/C9H13FN2O/c1-2-13-8-4-3-6(9(11)12)5-7(8)10/h3-5,9H,2,11-12H2,1H3. The summed E-state index contributed by atoms with van der Waals surface area (Å²) in [5, 5.41) is 0. The normalized spacial score (nSPS) is 10.5. The van der Waals surface area contributed by atoms with Gasteiger partial charge in [0.2, 0.25) is 0 Å². The zero-order chi connectivity index (χ0) is 9.84. The van der Waals surface area contributed by atoms with Crippen LogP contribution in [0, 0.1) is 5.82 Å². The van der Waals surface area contributed by atoms with Crippen molar-refractivity contribution in [3.8, 4) is 5.75 Å². The van der Waals surface area contributed by atoms with Crippen LogP contribution in [0.25, 0.3) is 0 Å². The van der Waals surface area contributed by atoms with Gasteiger partial charge in [-0.1, -0.05) is 6.07 Å². The van der Waals surface area contributed by atoms with Crippen LogP contribution >= 0.6 is 0 Å². The molecule has 1 rings (SSSR count). The molecule has 0 fully saturated rings. The van der Waals surface area contributed by atoms with Crippen molar-refractivity contribution >= 4 is 0 Å². The lowest BCUT2D eigenvalue weighted by atomic mass is 10.2. The van der Waals surface area contributed by atoms with E-state index in [1.165, 1.54) is 12.1 Å². The van der Waals surface area contributed by atoms with E-state index in [9.17, 15) is 4.39 Å². The zero-order valence-electron chi connectivity index (χ0n) is 7.46. The maximum atomic E-state index is 13.2. The van der Waals surface area contributed by atoms with E-state index in [1.807, 2.05) is 0 Å². The highest BCUT2D eigenvalue weighted by molar-refractivity contribution is 5.30. The van der Waals surface area contributed by atoms with Gasteiger partial charge in [0, 0.05) is 0 Å². The molecular formula is C9H13FN2O. The summed E-state index contributed by atoms with van der Waals surface area (Å²) in [6, 6.07) is 4.47. The van der Waals surface area contributed by atoms with Crippen molar-refractivity contribution in [1.82, 2.24) is 0 Å². The molecule has 1 aromatic carbocycles. The van der Waals surface area contributed by atoms with Crippen LogP contribution in [0.15, 0.2) is 18.2 Å². The summed E-state index contributed by atoms with van der Waals surface area (Å²) < 4.78 is 18.2. The van der Waals surface area contributed by atoms with Crippen molar-refractivity contribution in [2.75, 3.05) is 6.61 Å². The van der Waals surface area contributed by atoms with Crippen molar-refractivity contribution < 1.29 is 9.13 Å². The highest BCUT2D eigenvalue weighted by atomic mass is 19.1. The smallest absolute Gasteiger partial charge is 0.165 e. The van der Waals surface area contributed by atoms with Gasteiger partial charge in [-0.05, 0) is 24.6 Å². The minimum Gasteiger partial charge on any atom is -0.491 e. The van der Waals surface area contributed by atoms with Gasteiger partial charge in [-0.3, -0.25) is 0 Å². The van der Waals surface area contributed by atoms with Crippen LogP contribution in [0.3, 0.4) is 0 Å². The molecule has 0 aliphatic rings. The number of benzene rings is 1. The molecule has 0 saturated carbocycles. The second kappa shape index (κ2) is 4.20. The van der Waals surface area contributed by atoms with Gasteiger partial charge in [-0.25, -0.2) is 4.39 Å². The number of hydrogen-bond donors (Lipinski definition) is 2. The van der Waals surface area contributed by atoms with Crippen LogP contribution in [-0.2, 0) is 0 Å². The van der Waals surface area contributed by atoms with Crippen molar-refractivity contribution in [1.29, 1.82) is 0 Å². The number of hydrogen-bond acceptors (Lipinski definition) is 3. The Bertz CT molecular complexity index is 289. The van der Waals surface area contributed by atoms with E-state index in [2.05, 4.69) is 0 Å². The summed E-state index contributed by atoms with van der Waals surface area (Å²) in [4.78, 5) is 0. The van der Waals surface area contributed by atoms with Gasteiger partial charge in [0.05, 0.1) is 12.8 Å². The largest absolute Gasteiger partial charge is 0.491 e. The molecule has 0 radical (unpaired) electrons. The Hall–Kier alpha value is -1.13. The fourth-order valence-electron chi connectivity index (χ4n) is 0.997. The highest BCUT2D eigenvalue weighted by Crippen LogP contribution is 2.19. The summed E-state index contributed by atoms with van der Waals surface area (Å²) in [5.74, 6) is -0.202. The molecule has 0 aliphatic heterocycles. The summed E-state index contributed by atoms with van der Waals surface area (Å²) in [6.45, 7) is 2.23. The lowest BCUT2D eigenvalue weighted by molar-refractivity contribution is 0.321. The van der Waals surface area contributed by atoms with Crippen LogP contribution < -0.4 is 16.2 Å². The van der Waals surface area contributed by atoms with E-state index in [4.69, 9.17) is 16.2 Å². The first-order valence-corrected chi connectivity index (χ1v) is 4.08. The van der Waals surface area contributed by atoms with Gasteiger partial charge in [-0.2, -0.15) is 0 Å². The molecule has 0 atom stereocenters. The Kier molecular flexibility index (Phi) is 3.22. The summed E-state index contributed by atoms with van der Waals surface area (Å²) in [5.41, 5.74) is 11.3. The topological polar surface area (TPSA) is 61.3 Å². The predicted molar refractivity (Wildman–Crippen MR) is 48.7 cm³/mol.